The van der Waals surface area contributed by atoms with Crippen molar-refractivity contribution in [3.8, 4) is 0 Å². The summed E-state index contributed by atoms with van der Waals surface area (Å²) in [6.45, 7) is 2.21. The van der Waals surface area contributed by atoms with Gasteiger partial charge in [0.2, 0.25) is 10.0 Å². The molecule has 0 aromatic carbocycles. The van der Waals surface area contributed by atoms with E-state index < -0.39 is 10.0 Å². The van der Waals surface area contributed by atoms with E-state index in [9.17, 15) is 8.42 Å². The predicted molar refractivity (Wildman–Crippen MR) is 66.5 cm³/mol. The van der Waals surface area contributed by atoms with Gasteiger partial charge < -0.3 is 0 Å². The standard InChI is InChI=1S/C10H20BrNO2S/c1-3-9-4-6-10(7-5-9)12(2)15(13,14)8-11/h9-10H,3-8H2,1-2H3. The van der Waals surface area contributed by atoms with E-state index in [-0.39, 0.29) is 10.7 Å². The van der Waals surface area contributed by atoms with Crippen LogP contribution in [0.15, 0.2) is 0 Å². The number of rotatable bonds is 4. The summed E-state index contributed by atoms with van der Waals surface area (Å²) in [7, 11) is -1.37. The largest absolute Gasteiger partial charge is 0.224 e. The summed E-state index contributed by atoms with van der Waals surface area (Å²) in [5.74, 6) is 0.807. The van der Waals surface area contributed by atoms with E-state index in [1.54, 1.807) is 11.4 Å². The molecule has 1 rings (SSSR count). The summed E-state index contributed by atoms with van der Waals surface area (Å²) in [5, 5.41) is 0. The molecule has 5 heteroatoms. The summed E-state index contributed by atoms with van der Waals surface area (Å²) < 4.78 is 24.8. The summed E-state index contributed by atoms with van der Waals surface area (Å²) in [6.07, 6.45) is 5.59. The average molecular weight is 298 g/mol. The molecule has 0 aliphatic heterocycles. The van der Waals surface area contributed by atoms with Gasteiger partial charge in [0.05, 0.1) is 0 Å². The maximum atomic E-state index is 11.6. The van der Waals surface area contributed by atoms with E-state index in [1.165, 1.54) is 19.3 Å². The molecule has 90 valence electrons. The smallest absolute Gasteiger partial charge is 0.211 e. The highest BCUT2D eigenvalue weighted by Gasteiger charge is 2.28. The molecule has 0 amide bonds. The molecule has 0 radical (unpaired) electrons. The topological polar surface area (TPSA) is 37.4 Å². The van der Waals surface area contributed by atoms with Gasteiger partial charge in [-0.3, -0.25) is 0 Å². The minimum atomic E-state index is -3.07. The lowest BCUT2D eigenvalue weighted by Crippen LogP contribution is -2.39. The minimum Gasteiger partial charge on any atom is -0.211 e. The van der Waals surface area contributed by atoms with Crippen molar-refractivity contribution in [2.75, 3.05) is 11.7 Å². The Morgan fingerprint density at radius 3 is 2.20 bits per heavy atom. The van der Waals surface area contributed by atoms with E-state index in [4.69, 9.17) is 0 Å². The zero-order chi connectivity index (χ0) is 11.5. The Kier molecular flexibility index (Phi) is 5.06. The minimum absolute atomic E-state index is 0.0320. The van der Waals surface area contributed by atoms with E-state index in [2.05, 4.69) is 22.9 Å². The van der Waals surface area contributed by atoms with Crippen LogP contribution in [0.25, 0.3) is 0 Å². The molecule has 1 saturated carbocycles. The van der Waals surface area contributed by atoms with Crippen molar-refractivity contribution >= 4 is 26.0 Å². The fourth-order valence-corrected chi connectivity index (χ4v) is 4.01. The van der Waals surface area contributed by atoms with Gasteiger partial charge in [0, 0.05) is 13.1 Å². The van der Waals surface area contributed by atoms with Crippen LogP contribution < -0.4 is 0 Å². The third-order valence-corrected chi connectivity index (χ3v) is 6.67. The Morgan fingerprint density at radius 2 is 1.80 bits per heavy atom. The van der Waals surface area contributed by atoms with E-state index in [0.717, 1.165) is 18.8 Å². The van der Waals surface area contributed by atoms with E-state index in [1.807, 2.05) is 0 Å². The molecule has 1 fully saturated rings. The maximum absolute atomic E-state index is 11.6. The van der Waals surface area contributed by atoms with Crippen molar-refractivity contribution in [1.82, 2.24) is 4.31 Å². The second kappa shape index (κ2) is 5.64. The second-order valence-corrected chi connectivity index (χ2v) is 7.65. The van der Waals surface area contributed by atoms with Crippen LogP contribution in [0.3, 0.4) is 0 Å². The number of hydrogen-bond donors (Lipinski definition) is 0. The lowest BCUT2D eigenvalue weighted by atomic mass is 9.85. The Bertz CT molecular complexity index is 284. The van der Waals surface area contributed by atoms with Crippen molar-refractivity contribution in [3.63, 3.8) is 0 Å². The van der Waals surface area contributed by atoms with Crippen LogP contribution in [0, 0.1) is 5.92 Å². The zero-order valence-corrected chi connectivity index (χ0v) is 11.8. The maximum Gasteiger partial charge on any atom is 0.224 e. The average Bonchev–Trinajstić information content (AvgIpc) is 2.28. The van der Waals surface area contributed by atoms with Crippen molar-refractivity contribution in [1.29, 1.82) is 0 Å². The van der Waals surface area contributed by atoms with Crippen LogP contribution in [0.2, 0.25) is 0 Å². The summed E-state index contributed by atoms with van der Waals surface area (Å²) >= 11 is 3.03. The van der Waals surface area contributed by atoms with Gasteiger partial charge in [-0.1, -0.05) is 29.3 Å². The highest BCUT2D eigenvalue weighted by Crippen LogP contribution is 2.30. The molecule has 0 saturated heterocycles. The Morgan fingerprint density at radius 1 is 1.27 bits per heavy atom. The summed E-state index contributed by atoms with van der Waals surface area (Å²) in [4.78, 5) is 0. The molecule has 1 aliphatic rings. The third kappa shape index (κ3) is 3.43. The van der Waals surface area contributed by atoms with Gasteiger partial charge in [-0.25, -0.2) is 12.7 Å². The molecule has 0 aromatic rings. The zero-order valence-electron chi connectivity index (χ0n) is 9.45. The number of halogens is 1. The molecular formula is C10H20BrNO2S. The van der Waals surface area contributed by atoms with E-state index >= 15 is 0 Å². The van der Waals surface area contributed by atoms with Crippen LogP contribution in [0.4, 0.5) is 0 Å². The van der Waals surface area contributed by atoms with Crippen LogP contribution >= 0.6 is 15.9 Å². The van der Waals surface area contributed by atoms with Gasteiger partial charge in [0.15, 0.2) is 0 Å². The Balaban J connectivity index is 2.53. The highest BCUT2D eigenvalue weighted by atomic mass is 79.9. The first-order valence-electron chi connectivity index (χ1n) is 5.53. The van der Waals surface area contributed by atoms with Gasteiger partial charge in [-0.2, -0.15) is 0 Å². The van der Waals surface area contributed by atoms with Gasteiger partial charge >= 0.3 is 0 Å². The number of hydrogen-bond acceptors (Lipinski definition) is 2. The Hall–Kier alpha value is 0.390. The van der Waals surface area contributed by atoms with Gasteiger partial charge in [-0.05, 0) is 31.6 Å². The molecule has 1 aliphatic carbocycles. The quantitative estimate of drug-likeness (QED) is 0.748. The first-order chi connectivity index (χ1) is 7.01. The molecular weight excluding hydrogens is 278 g/mol. The van der Waals surface area contributed by atoms with Crippen LogP contribution in [-0.2, 0) is 10.0 Å². The first-order valence-corrected chi connectivity index (χ1v) is 8.26. The molecule has 0 bridgehead atoms. The van der Waals surface area contributed by atoms with E-state index in [0.29, 0.717) is 0 Å². The van der Waals surface area contributed by atoms with Crippen LogP contribution in [-0.4, -0.2) is 30.5 Å². The van der Waals surface area contributed by atoms with Crippen LogP contribution in [0.5, 0.6) is 0 Å². The highest BCUT2D eigenvalue weighted by molar-refractivity contribution is 9.10. The number of sulfonamides is 1. The monoisotopic (exact) mass is 297 g/mol. The van der Waals surface area contributed by atoms with Gasteiger partial charge in [-0.15, -0.1) is 0 Å². The van der Waals surface area contributed by atoms with Gasteiger partial charge in [0.25, 0.3) is 0 Å². The second-order valence-electron chi connectivity index (χ2n) is 4.32. The summed E-state index contributed by atoms with van der Waals surface area (Å²) in [6, 6.07) is 0.218. The number of alkyl halides is 1. The SMILES string of the molecule is CCC1CCC(N(C)S(=O)(=O)CBr)CC1. The normalized spacial score (nSPS) is 28.3. The first kappa shape index (κ1) is 13.5. The molecule has 0 N–H and O–H groups in total. The van der Waals surface area contributed by atoms with Crippen molar-refractivity contribution in [2.24, 2.45) is 5.92 Å². The van der Waals surface area contributed by atoms with Crippen LogP contribution in [0.1, 0.15) is 39.0 Å². The lowest BCUT2D eigenvalue weighted by Gasteiger charge is -2.33. The Labute approximate surface area is 101 Å². The predicted octanol–water partition coefficient (Wildman–Crippen LogP) is 2.57. The molecule has 0 spiro atoms. The molecule has 0 unspecified atom stereocenters. The number of nitrogens with zero attached hydrogens (tertiary/aromatic N) is 1. The van der Waals surface area contributed by atoms with Gasteiger partial charge in [0.1, 0.15) is 4.66 Å². The molecule has 0 aromatic heterocycles. The fraction of sp³-hybridized carbons (Fsp3) is 1.00. The summed E-state index contributed by atoms with van der Waals surface area (Å²) in [5.41, 5.74) is 0. The lowest BCUT2D eigenvalue weighted by molar-refractivity contribution is 0.233. The molecule has 3 nitrogen and oxygen atoms in total. The van der Waals surface area contributed by atoms with Crippen molar-refractivity contribution in [2.45, 2.75) is 45.1 Å². The third-order valence-electron chi connectivity index (χ3n) is 3.48. The molecule has 0 atom stereocenters. The molecule has 0 heterocycles. The molecule has 15 heavy (non-hydrogen) atoms. The fourth-order valence-electron chi connectivity index (χ4n) is 2.22. The van der Waals surface area contributed by atoms with Crippen molar-refractivity contribution < 1.29 is 8.42 Å². The van der Waals surface area contributed by atoms with Crippen molar-refractivity contribution in [3.05, 3.63) is 0 Å².